The van der Waals surface area contributed by atoms with Crippen LogP contribution in [0.2, 0.25) is 0 Å². The normalized spacial score (nSPS) is 12.7. The molecule has 4 heteroatoms. The van der Waals surface area contributed by atoms with Gasteiger partial charge in [-0.15, -0.1) is 11.8 Å². The molecule has 1 rings (SSSR count). The first kappa shape index (κ1) is 16.0. The average Bonchev–Trinajstić information content (AvgIpc) is 2.37. The quantitative estimate of drug-likeness (QED) is 0.563. The number of hydrogen-bond acceptors (Lipinski definition) is 3. The highest BCUT2D eigenvalue weighted by Crippen LogP contribution is 2.29. The Balaban J connectivity index is 2.51. The molecule has 0 fully saturated rings. The molecule has 0 amide bonds. The molecule has 0 bridgehead atoms. The van der Waals surface area contributed by atoms with Crippen LogP contribution in [0, 0.1) is 5.92 Å². The van der Waals surface area contributed by atoms with Crippen LogP contribution in [0.25, 0.3) is 0 Å². The van der Waals surface area contributed by atoms with E-state index in [0.29, 0.717) is 5.92 Å². The van der Waals surface area contributed by atoms with Gasteiger partial charge in [-0.05, 0) is 52.5 Å². The summed E-state index contributed by atoms with van der Waals surface area (Å²) in [6, 6.07) is 6.50. The molecule has 0 heterocycles. The Morgan fingerprint density at radius 2 is 2.22 bits per heavy atom. The van der Waals surface area contributed by atoms with Crippen molar-refractivity contribution in [2.45, 2.75) is 31.7 Å². The number of benzene rings is 1. The first-order valence-electron chi connectivity index (χ1n) is 6.40. The summed E-state index contributed by atoms with van der Waals surface area (Å²) >= 11 is 5.41. The summed E-state index contributed by atoms with van der Waals surface area (Å²) in [6.45, 7) is 6.46. The highest BCUT2D eigenvalue weighted by atomic mass is 79.9. The molecular formula is C14H22BrNOS. The van der Waals surface area contributed by atoms with Crippen molar-refractivity contribution in [2.75, 3.05) is 18.9 Å². The Morgan fingerprint density at radius 1 is 1.44 bits per heavy atom. The van der Waals surface area contributed by atoms with E-state index in [1.165, 1.54) is 10.5 Å². The summed E-state index contributed by atoms with van der Waals surface area (Å²) in [5.74, 6) is 1.29. The number of halogens is 1. The molecule has 18 heavy (non-hydrogen) atoms. The van der Waals surface area contributed by atoms with E-state index in [2.05, 4.69) is 53.3 Å². The Kier molecular flexibility index (Phi) is 7.98. The van der Waals surface area contributed by atoms with E-state index in [1.807, 2.05) is 0 Å². The van der Waals surface area contributed by atoms with E-state index in [9.17, 15) is 0 Å². The smallest absolute Gasteiger partial charge is 0.0464 e. The van der Waals surface area contributed by atoms with Crippen molar-refractivity contribution < 1.29 is 5.11 Å². The molecule has 1 atom stereocenters. The molecule has 0 spiro atoms. The topological polar surface area (TPSA) is 32.3 Å². The van der Waals surface area contributed by atoms with Crippen molar-refractivity contribution in [3.05, 3.63) is 28.2 Å². The van der Waals surface area contributed by atoms with Crippen molar-refractivity contribution in [3.63, 3.8) is 0 Å². The van der Waals surface area contributed by atoms with E-state index in [4.69, 9.17) is 5.11 Å². The maximum Gasteiger partial charge on any atom is 0.0464 e. The Bertz CT molecular complexity index is 360. The average molecular weight is 332 g/mol. The first-order valence-corrected chi connectivity index (χ1v) is 8.18. The zero-order valence-electron chi connectivity index (χ0n) is 11.1. The van der Waals surface area contributed by atoms with E-state index < -0.39 is 0 Å². The van der Waals surface area contributed by atoms with Crippen molar-refractivity contribution in [3.8, 4) is 0 Å². The fourth-order valence-electron chi connectivity index (χ4n) is 1.47. The van der Waals surface area contributed by atoms with Crippen molar-refractivity contribution >= 4 is 27.7 Å². The van der Waals surface area contributed by atoms with Gasteiger partial charge in [0.05, 0.1) is 0 Å². The van der Waals surface area contributed by atoms with Crippen LogP contribution in [0.1, 0.15) is 25.8 Å². The molecule has 1 aromatic carbocycles. The molecule has 0 aliphatic rings. The number of thioether (sulfide) groups is 1. The fraction of sp³-hybridized carbons (Fsp3) is 0.571. The second kappa shape index (κ2) is 8.97. The summed E-state index contributed by atoms with van der Waals surface area (Å²) < 4.78 is 1.15. The molecule has 1 unspecified atom stereocenters. The van der Waals surface area contributed by atoms with Crippen molar-refractivity contribution in [1.29, 1.82) is 0 Å². The van der Waals surface area contributed by atoms with Gasteiger partial charge < -0.3 is 10.4 Å². The Labute approximate surface area is 123 Å². The third-order valence-corrected chi connectivity index (χ3v) is 4.91. The fourth-order valence-corrected chi connectivity index (χ4v) is 3.17. The molecule has 102 valence electrons. The number of rotatable bonds is 8. The van der Waals surface area contributed by atoms with Crippen LogP contribution in [0.3, 0.4) is 0 Å². The van der Waals surface area contributed by atoms with Gasteiger partial charge in [0.25, 0.3) is 0 Å². The van der Waals surface area contributed by atoms with Gasteiger partial charge in [-0.25, -0.2) is 0 Å². The van der Waals surface area contributed by atoms with Gasteiger partial charge in [-0.1, -0.05) is 19.9 Å². The van der Waals surface area contributed by atoms with Gasteiger partial charge in [0, 0.05) is 28.3 Å². The van der Waals surface area contributed by atoms with Gasteiger partial charge >= 0.3 is 0 Å². The minimum atomic E-state index is 0.254. The molecule has 0 aliphatic heterocycles. The maximum atomic E-state index is 9.01. The van der Waals surface area contributed by atoms with Crippen molar-refractivity contribution in [2.24, 2.45) is 5.92 Å². The van der Waals surface area contributed by atoms with Gasteiger partial charge in [-0.2, -0.15) is 0 Å². The van der Waals surface area contributed by atoms with E-state index >= 15 is 0 Å². The maximum absolute atomic E-state index is 9.01. The lowest BCUT2D eigenvalue weighted by atomic mass is 10.2. The summed E-state index contributed by atoms with van der Waals surface area (Å²) in [5.41, 5.74) is 1.30. The van der Waals surface area contributed by atoms with Crippen LogP contribution in [-0.4, -0.2) is 24.0 Å². The summed E-state index contributed by atoms with van der Waals surface area (Å²) in [5, 5.41) is 12.4. The van der Waals surface area contributed by atoms with Crippen LogP contribution in [0.15, 0.2) is 27.6 Å². The number of aliphatic hydroxyl groups excluding tert-OH is 1. The second-order valence-corrected chi connectivity index (χ2v) is 6.46. The highest BCUT2D eigenvalue weighted by Gasteiger charge is 2.05. The third kappa shape index (κ3) is 5.74. The monoisotopic (exact) mass is 331 g/mol. The minimum absolute atomic E-state index is 0.254. The number of hydrogen-bond donors (Lipinski definition) is 2. The lowest BCUT2D eigenvalue weighted by Crippen LogP contribution is -2.13. The SMILES string of the molecule is CCCNCc1ccc(SCC(C)CO)c(Br)c1. The Morgan fingerprint density at radius 3 is 2.83 bits per heavy atom. The van der Waals surface area contributed by atoms with Gasteiger partial charge in [0.2, 0.25) is 0 Å². The van der Waals surface area contributed by atoms with Crippen LogP contribution in [-0.2, 0) is 6.54 Å². The molecule has 2 N–H and O–H groups in total. The van der Waals surface area contributed by atoms with E-state index in [-0.39, 0.29) is 6.61 Å². The molecule has 0 saturated carbocycles. The molecule has 0 saturated heterocycles. The zero-order chi connectivity index (χ0) is 13.4. The first-order chi connectivity index (χ1) is 8.67. The standard InChI is InChI=1S/C14H22BrNOS/c1-3-6-16-8-12-4-5-14(13(15)7-12)18-10-11(2)9-17/h4-5,7,11,16-17H,3,6,8-10H2,1-2H3. The summed E-state index contributed by atoms with van der Waals surface area (Å²) in [4.78, 5) is 1.24. The van der Waals surface area contributed by atoms with Crippen LogP contribution < -0.4 is 5.32 Å². The molecule has 2 nitrogen and oxygen atoms in total. The minimum Gasteiger partial charge on any atom is -0.396 e. The van der Waals surface area contributed by atoms with Gasteiger partial charge in [0.15, 0.2) is 0 Å². The molecule has 0 radical (unpaired) electrons. The lowest BCUT2D eigenvalue weighted by Gasteiger charge is -2.10. The molecule has 1 aromatic rings. The van der Waals surface area contributed by atoms with Crippen LogP contribution in [0.5, 0.6) is 0 Å². The Hall–Kier alpha value is -0.0300. The highest BCUT2D eigenvalue weighted by molar-refractivity contribution is 9.10. The van der Waals surface area contributed by atoms with E-state index in [0.717, 1.165) is 29.7 Å². The van der Waals surface area contributed by atoms with E-state index in [1.54, 1.807) is 11.8 Å². The molecule has 0 aliphatic carbocycles. The second-order valence-electron chi connectivity index (χ2n) is 4.54. The van der Waals surface area contributed by atoms with Crippen LogP contribution in [0.4, 0.5) is 0 Å². The zero-order valence-corrected chi connectivity index (χ0v) is 13.5. The molecular weight excluding hydrogens is 310 g/mol. The summed E-state index contributed by atoms with van der Waals surface area (Å²) in [6.07, 6.45) is 1.16. The van der Waals surface area contributed by atoms with Gasteiger partial charge in [-0.3, -0.25) is 0 Å². The summed E-state index contributed by atoms with van der Waals surface area (Å²) in [7, 11) is 0. The largest absolute Gasteiger partial charge is 0.396 e. The predicted molar refractivity (Wildman–Crippen MR) is 83.1 cm³/mol. The predicted octanol–water partition coefficient (Wildman–Crippen LogP) is 3.67. The van der Waals surface area contributed by atoms with Crippen molar-refractivity contribution in [1.82, 2.24) is 5.32 Å². The van der Waals surface area contributed by atoms with Crippen LogP contribution >= 0.6 is 27.7 Å². The number of nitrogens with one attached hydrogen (secondary N) is 1. The van der Waals surface area contributed by atoms with Gasteiger partial charge in [0.1, 0.15) is 0 Å². The molecule has 0 aromatic heterocycles. The number of aliphatic hydroxyl groups is 1. The lowest BCUT2D eigenvalue weighted by molar-refractivity contribution is 0.250. The third-order valence-electron chi connectivity index (χ3n) is 2.59.